The first-order valence-electron chi connectivity index (χ1n) is 7.11. The molecule has 0 unspecified atom stereocenters. The summed E-state index contributed by atoms with van der Waals surface area (Å²) in [6.45, 7) is 2.14. The Labute approximate surface area is 148 Å². The van der Waals surface area contributed by atoms with E-state index < -0.39 is 5.97 Å². The Kier molecular flexibility index (Phi) is 7.06. The van der Waals surface area contributed by atoms with Gasteiger partial charge in [-0.1, -0.05) is 30.3 Å². The van der Waals surface area contributed by atoms with E-state index in [9.17, 15) is 9.90 Å². The molecule has 23 heavy (non-hydrogen) atoms. The first-order valence-corrected chi connectivity index (χ1v) is 7.11. The molecule has 0 aliphatic carbocycles. The second kappa shape index (κ2) is 8.34. The van der Waals surface area contributed by atoms with E-state index in [-0.39, 0.29) is 36.6 Å². The second-order valence-electron chi connectivity index (χ2n) is 5.68. The molecule has 1 N–H and O–H groups in total. The first kappa shape index (κ1) is 19.5. The van der Waals surface area contributed by atoms with Crippen LogP contribution in [-0.4, -0.2) is 38.8 Å². The molecule has 0 bridgehead atoms. The van der Waals surface area contributed by atoms with Crippen LogP contribution < -0.4 is 0 Å². The molecule has 0 radical (unpaired) electrons. The number of benzene rings is 1. The molecule has 2 atom stereocenters. The van der Waals surface area contributed by atoms with Crippen molar-refractivity contribution in [1.82, 2.24) is 14.7 Å². The molecule has 1 fully saturated rings. The Morgan fingerprint density at radius 1 is 1.26 bits per heavy atom. The maximum Gasteiger partial charge on any atom is 0.308 e. The Morgan fingerprint density at radius 2 is 1.96 bits per heavy atom. The minimum atomic E-state index is -0.723. The monoisotopic (exact) mass is 357 g/mol. The number of aryl methyl sites for hydroxylation is 1. The quantitative estimate of drug-likeness (QED) is 0.913. The van der Waals surface area contributed by atoms with E-state index in [4.69, 9.17) is 0 Å². The van der Waals surface area contributed by atoms with Gasteiger partial charge in [-0.3, -0.25) is 14.4 Å². The van der Waals surface area contributed by atoms with Gasteiger partial charge in [0.05, 0.1) is 12.1 Å². The van der Waals surface area contributed by atoms with Gasteiger partial charge in [0, 0.05) is 38.8 Å². The number of carboxylic acid groups (broad SMARTS) is 1. The normalized spacial score (nSPS) is 20.6. The van der Waals surface area contributed by atoms with Crippen LogP contribution in [0.4, 0.5) is 0 Å². The van der Waals surface area contributed by atoms with Gasteiger partial charge in [-0.15, -0.1) is 24.8 Å². The third kappa shape index (κ3) is 4.47. The smallest absolute Gasteiger partial charge is 0.308 e. The molecule has 0 spiro atoms. The highest BCUT2D eigenvalue weighted by Gasteiger charge is 2.38. The van der Waals surface area contributed by atoms with Gasteiger partial charge in [0.1, 0.15) is 0 Å². The van der Waals surface area contributed by atoms with Gasteiger partial charge in [0.15, 0.2) is 0 Å². The van der Waals surface area contributed by atoms with Crippen LogP contribution in [0.2, 0.25) is 0 Å². The average Bonchev–Trinajstić information content (AvgIpc) is 3.06. The largest absolute Gasteiger partial charge is 0.481 e. The molecule has 2 aromatic rings. The summed E-state index contributed by atoms with van der Waals surface area (Å²) in [5.41, 5.74) is 2.23. The van der Waals surface area contributed by atoms with Gasteiger partial charge >= 0.3 is 5.97 Å². The summed E-state index contributed by atoms with van der Waals surface area (Å²) < 4.78 is 1.73. The standard InChI is InChI=1S/C16H19N3O2.2ClH/c1-18-9-13(7-17-18)14-10-19(11-15(14)16(20)21)8-12-5-3-2-4-6-12;;/h2-7,9,14-15H,8,10-11H2,1H3,(H,20,21);2*1H/t14-,15+;;/m0../s1. The number of rotatable bonds is 4. The molecule has 1 aromatic heterocycles. The molecule has 0 amide bonds. The molecule has 2 heterocycles. The summed E-state index contributed by atoms with van der Waals surface area (Å²) in [5.74, 6) is -1.07. The lowest BCUT2D eigenvalue weighted by atomic mass is 9.91. The van der Waals surface area contributed by atoms with Gasteiger partial charge in [-0.2, -0.15) is 5.10 Å². The highest BCUT2D eigenvalue weighted by molar-refractivity contribution is 5.85. The van der Waals surface area contributed by atoms with E-state index in [1.807, 2.05) is 31.4 Å². The van der Waals surface area contributed by atoms with E-state index in [1.165, 1.54) is 5.56 Å². The molecule has 126 valence electrons. The van der Waals surface area contributed by atoms with Crippen LogP contribution in [0.25, 0.3) is 0 Å². The molecule has 0 saturated carbocycles. The van der Waals surface area contributed by atoms with Crippen LogP contribution in [0.5, 0.6) is 0 Å². The number of likely N-dealkylation sites (tertiary alicyclic amines) is 1. The van der Waals surface area contributed by atoms with Crippen molar-refractivity contribution < 1.29 is 9.90 Å². The van der Waals surface area contributed by atoms with Gasteiger partial charge < -0.3 is 5.11 Å². The van der Waals surface area contributed by atoms with E-state index in [0.717, 1.165) is 18.7 Å². The summed E-state index contributed by atoms with van der Waals surface area (Å²) >= 11 is 0. The predicted molar refractivity (Wildman–Crippen MR) is 93.3 cm³/mol. The molecule has 3 rings (SSSR count). The van der Waals surface area contributed by atoms with Crippen molar-refractivity contribution in [3.8, 4) is 0 Å². The number of aliphatic carboxylic acids is 1. The highest BCUT2D eigenvalue weighted by Crippen LogP contribution is 2.33. The van der Waals surface area contributed by atoms with Crippen LogP contribution in [0.15, 0.2) is 42.7 Å². The fraction of sp³-hybridized carbons (Fsp3) is 0.375. The van der Waals surface area contributed by atoms with Crippen molar-refractivity contribution in [2.75, 3.05) is 13.1 Å². The summed E-state index contributed by atoms with van der Waals surface area (Å²) in [5, 5.41) is 13.7. The predicted octanol–water partition coefficient (Wildman–Crippen LogP) is 2.56. The molecular formula is C16H21Cl2N3O2. The summed E-state index contributed by atoms with van der Waals surface area (Å²) in [4.78, 5) is 13.8. The van der Waals surface area contributed by atoms with Crippen LogP contribution in [-0.2, 0) is 18.4 Å². The minimum Gasteiger partial charge on any atom is -0.481 e. The number of carbonyl (C=O) groups is 1. The van der Waals surface area contributed by atoms with Crippen molar-refractivity contribution >= 4 is 30.8 Å². The number of halogens is 2. The van der Waals surface area contributed by atoms with Crippen LogP contribution in [0, 0.1) is 5.92 Å². The van der Waals surface area contributed by atoms with Gasteiger partial charge in [-0.05, 0) is 11.1 Å². The summed E-state index contributed by atoms with van der Waals surface area (Å²) in [6.07, 6.45) is 3.71. The topological polar surface area (TPSA) is 58.4 Å². The van der Waals surface area contributed by atoms with Gasteiger partial charge in [0.25, 0.3) is 0 Å². The molecule has 1 saturated heterocycles. The van der Waals surface area contributed by atoms with Gasteiger partial charge in [-0.25, -0.2) is 0 Å². The third-order valence-electron chi connectivity index (χ3n) is 4.11. The third-order valence-corrected chi connectivity index (χ3v) is 4.11. The summed E-state index contributed by atoms with van der Waals surface area (Å²) in [7, 11) is 1.86. The van der Waals surface area contributed by atoms with Crippen LogP contribution >= 0.6 is 24.8 Å². The Balaban J connectivity index is 0.00000132. The van der Waals surface area contributed by atoms with E-state index in [2.05, 4.69) is 22.1 Å². The highest BCUT2D eigenvalue weighted by atomic mass is 35.5. The zero-order valence-electron chi connectivity index (χ0n) is 12.8. The fourth-order valence-electron chi connectivity index (χ4n) is 3.08. The Bertz CT molecular complexity index is 633. The van der Waals surface area contributed by atoms with Crippen molar-refractivity contribution in [2.45, 2.75) is 12.5 Å². The van der Waals surface area contributed by atoms with Crippen molar-refractivity contribution in [3.05, 3.63) is 53.9 Å². The lowest BCUT2D eigenvalue weighted by molar-refractivity contribution is -0.141. The van der Waals surface area contributed by atoms with Gasteiger partial charge in [0.2, 0.25) is 0 Å². The maximum absolute atomic E-state index is 11.5. The Hall–Kier alpha value is -1.56. The Morgan fingerprint density at radius 3 is 2.52 bits per heavy atom. The zero-order valence-corrected chi connectivity index (χ0v) is 14.5. The molecule has 1 aromatic carbocycles. The van der Waals surface area contributed by atoms with Crippen molar-refractivity contribution in [3.63, 3.8) is 0 Å². The first-order chi connectivity index (χ1) is 10.1. The van der Waals surface area contributed by atoms with E-state index >= 15 is 0 Å². The molecular weight excluding hydrogens is 337 g/mol. The number of nitrogens with zero attached hydrogens (tertiary/aromatic N) is 3. The van der Waals surface area contributed by atoms with Crippen LogP contribution in [0.3, 0.4) is 0 Å². The van der Waals surface area contributed by atoms with E-state index in [0.29, 0.717) is 6.54 Å². The number of aromatic nitrogens is 2. The zero-order chi connectivity index (χ0) is 14.8. The van der Waals surface area contributed by atoms with Crippen molar-refractivity contribution in [2.24, 2.45) is 13.0 Å². The number of hydrogen-bond acceptors (Lipinski definition) is 3. The number of hydrogen-bond donors (Lipinski definition) is 1. The molecule has 7 heteroatoms. The molecule has 1 aliphatic heterocycles. The lowest BCUT2D eigenvalue weighted by Gasteiger charge is -2.15. The molecule has 1 aliphatic rings. The summed E-state index contributed by atoms with van der Waals surface area (Å²) in [6, 6.07) is 10.2. The SMILES string of the molecule is Cl.Cl.Cn1cc([C@@H]2CN(Cc3ccccc3)C[C@H]2C(=O)O)cn1. The number of carboxylic acids is 1. The second-order valence-corrected chi connectivity index (χ2v) is 5.68. The van der Waals surface area contributed by atoms with Crippen LogP contribution in [0.1, 0.15) is 17.0 Å². The van der Waals surface area contributed by atoms with Crippen molar-refractivity contribution in [1.29, 1.82) is 0 Å². The average molecular weight is 358 g/mol. The molecule has 5 nitrogen and oxygen atoms in total. The maximum atomic E-state index is 11.5. The van der Waals surface area contributed by atoms with E-state index in [1.54, 1.807) is 10.9 Å². The fourth-order valence-corrected chi connectivity index (χ4v) is 3.08. The minimum absolute atomic E-state index is 0. The lowest BCUT2D eigenvalue weighted by Crippen LogP contribution is -2.23.